The summed E-state index contributed by atoms with van der Waals surface area (Å²) >= 11 is 0. The van der Waals surface area contributed by atoms with Crippen LogP contribution in [0.3, 0.4) is 0 Å². The molecule has 2 aliphatic carbocycles. The van der Waals surface area contributed by atoms with Gasteiger partial charge in [-0.3, -0.25) is 4.31 Å². The minimum absolute atomic E-state index is 0.0857. The Morgan fingerprint density at radius 3 is 2.16 bits per heavy atom. The zero-order chi connectivity index (χ0) is 35.7. The zero-order valence-electron chi connectivity index (χ0n) is 31.2. The van der Waals surface area contributed by atoms with Crippen molar-refractivity contribution in [3.8, 4) is 0 Å². The molecule has 0 saturated heterocycles. The molecule has 2 aromatic carbocycles. The van der Waals surface area contributed by atoms with Gasteiger partial charge in [0.25, 0.3) is 10.0 Å². The fraction of sp³-hybridized carbons (Fsp3) is 0.610. The number of ether oxygens (including phenoxy) is 1. The van der Waals surface area contributed by atoms with Crippen LogP contribution in [0.4, 0.5) is 5.69 Å². The first-order chi connectivity index (χ1) is 23.0. The summed E-state index contributed by atoms with van der Waals surface area (Å²) in [5.41, 5.74) is 0.872. The molecule has 1 heterocycles. The summed E-state index contributed by atoms with van der Waals surface area (Å²) in [5.74, 6) is 3.60. The van der Waals surface area contributed by atoms with Crippen molar-refractivity contribution in [2.75, 3.05) is 4.31 Å². The van der Waals surface area contributed by atoms with Gasteiger partial charge in [-0.1, -0.05) is 90.8 Å². The van der Waals surface area contributed by atoms with Gasteiger partial charge in [-0.15, -0.1) is 0 Å². The molecule has 268 valence electrons. The molecule has 3 aromatic rings. The Morgan fingerprint density at radius 1 is 0.898 bits per heavy atom. The molecule has 0 N–H and O–H groups in total. The number of sulfonamides is 1. The minimum atomic E-state index is -4.16. The molecule has 0 aliphatic heterocycles. The lowest BCUT2D eigenvalue weighted by atomic mass is 9.69. The van der Waals surface area contributed by atoms with Gasteiger partial charge >= 0.3 is 5.97 Å². The molecular formula is C41H59N3O4S. The molecule has 0 bridgehead atoms. The van der Waals surface area contributed by atoms with Gasteiger partial charge in [0.2, 0.25) is 0 Å². The number of nitrogens with zero attached hydrogens (tertiary/aromatic N) is 3. The summed E-state index contributed by atoms with van der Waals surface area (Å²) in [7, 11) is -4.16. The Balaban J connectivity index is 1.66. The molecule has 2 aliphatic rings. The first-order valence-corrected chi connectivity index (χ1v) is 20.0. The third-order valence-corrected chi connectivity index (χ3v) is 12.6. The lowest BCUT2D eigenvalue weighted by Crippen LogP contribution is -2.33. The lowest BCUT2D eigenvalue weighted by molar-refractivity contribution is 0.00694. The second-order valence-corrected chi connectivity index (χ2v) is 18.5. The van der Waals surface area contributed by atoms with E-state index in [0.717, 1.165) is 37.1 Å². The predicted octanol–water partition coefficient (Wildman–Crippen LogP) is 10.0. The number of hydrogen-bond acceptors (Lipinski definition) is 5. The van der Waals surface area contributed by atoms with Crippen molar-refractivity contribution in [2.45, 2.75) is 130 Å². The summed E-state index contributed by atoms with van der Waals surface area (Å²) in [5, 5.41) is 0.0857. The van der Waals surface area contributed by atoms with Crippen LogP contribution >= 0.6 is 0 Å². The van der Waals surface area contributed by atoms with Crippen molar-refractivity contribution in [1.82, 2.24) is 9.55 Å². The largest absolute Gasteiger partial charge is 0.456 e. The van der Waals surface area contributed by atoms with Crippen LogP contribution in [0.2, 0.25) is 0 Å². The number of anilines is 1. The normalized spacial score (nSPS) is 25.0. The summed E-state index contributed by atoms with van der Waals surface area (Å²) in [6, 6.07) is 16.6. The van der Waals surface area contributed by atoms with E-state index in [0.29, 0.717) is 46.8 Å². The van der Waals surface area contributed by atoms with Crippen LogP contribution in [-0.4, -0.2) is 29.5 Å². The molecule has 2 fully saturated rings. The number of carbonyl (C=O) groups is 1. The molecular weight excluding hydrogens is 631 g/mol. The van der Waals surface area contributed by atoms with Crippen molar-refractivity contribution in [3.05, 3.63) is 77.7 Å². The molecule has 7 nitrogen and oxygen atoms in total. The van der Waals surface area contributed by atoms with E-state index in [9.17, 15) is 4.79 Å². The standard InChI is InChI=1S/C41H59N3O4S/c1-27(2)34-20-18-29(5)22-36(34)39-42-38(26-43(39)37-23-30(6)19-21-35(37)28(3)4)49(46,47)44(25-31-14-11-10-12-15-31)33-17-13-16-32(24-33)40(45)48-41(7,8)9/h10-17,24,26-30,34-37H,18-23,25H2,1-9H3. The molecule has 1 aromatic heterocycles. The molecule has 0 amide bonds. The second-order valence-electron chi connectivity index (χ2n) is 16.7. The number of imidazole rings is 1. The van der Waals surface area contributed by atoms with Crippen LogP contribution in [0.5, 0.6) is 0 Å². The van der Waals surface area contributed by atoms with Crippen molar-refractivity contribution in [1.29, 1.82) is 0 Å². The Hall–Kier alpha value is -3.13. The predicted molar refractivity (Wildman–Crippen MR) is 198 cm³/mol. The van der Waals surface area contributed by atoms with E-state index in [2.05, 4.69) is 46.1 Å². The van der Waals surface area contributed by atoms with Gasteiger partial charge in [-0.05, 0) is 106 Å². The molecule has 0 spiro atoms. The Kier molecular flexibility index (Phi) is 11.4. The fourth-order valence-corrected chi connectivity index (χ4v) is 9.71. The third kappa shape index (κ3) is 8.61. The van der Waals surface area contributed by atoms with Crippen molar-refractivity contribution >= 4 is 21.7 Å². The summed E-state index contributed by atoms with van der Waals surface area (Å²) in [4.78, 5) is 18.3. The summed E-state index contributed by atoms with van der Waals surface area (Å²) in [6.07, 6.45) is 8.56. The smallest absolute Gasteiger partial charge is 0.338 e. The maximum absolute atomic E-state index is 15.1. The maximum atomic E-state index is 15.1. The van der Waals surface area contributed by atoms with Crippen LogP contribution in [-0.2, 0) is 21.3 Å². The van der Waals surface area contributed by atoms with Gasteiger partial charge in [-0.25, -0.2) is 9.78 Å². The maximum Gasteiger partial charge on any atom is 0.338 e. The zero-order valence-corrected chi connectivity index (χ0v) is 32.0. The first-order valence-electron chi connectivity index (χ1n) is 18.5. The van der Waals surface area contributed by atoms with Crippen LogP contribution in [0.25, 0.3) is 0 Å². The molecule has 6 atom stereocenters. The monoisotopic (exact) mass is 689 g/mol. The number of carbonyl (C=O) groups excluding carboxylic acids is 1. The molecule has 0 radical (unpaired) electrons. The highest BCUT2D eigenvalue weighted by Crippen LogP contribution is 2.48. The van der Waals surface area contributed by atoms with E-state index in [-0.39, 0.29) is 23.5 Å². The van der Waals surface area contributed by atoms with E-state index in [4.69, 9.17) is 9.72 Å². The number of aromatic nitrogens is 2. The summed E-state index contributed by atoms with van der Waals surface area (Å²) in [6.45, 7) is 19.4. The minimum Gasteiger partial charge on any atom is -0.456 e. The SMILES string of the molecule is CC1CCC(C(C)C)C(c2nc(S(=O)(=O)N(Cc3ccccc3)c3cccc(C(=O)OC(C)(C)C)c3)cn2C2CC(C)CCC2C(C)C)C1. The summed E-state index contributed by atoms with van der Waals surface area (Å²) < 4.78 is 39.5. The van der Waals surface area contributed by atoms with Gasteiger partial charge < -0.3 is 9.30 Å². The Bertz CT molecular complexity index is 1620. The van der Waals surface area contributed by atoms with Crippen molar-refractivity contribution < 1.29 is 17.9 Å². The molecule has 49 heavy (non-hydrogen) atoms. The van der Waals surface area contributed by atoms with Crippen molar-refractivity contribution in [3.63, 3.8) is 0 Å². The molecule has 5 rings (SSSR count). The Morgan fingerprint density at radius 2 is 1.53 bits per heavy atom. The van der Waals surface area contributed by atoms with Crippen molar-refractivity contribution in [2.24, 2.45) is 35.5 Å². The van der Waals surface area contributed by atoms with E-state index in [1.165, 1.54) is 17.1 Å². The number of esters is 1. The average Bonchev–Trinajstić information content (AvgIpc) is 3.49. The van der Waals surface area contributed by atoms with Crippen LogP contribution in [0.1, 0.15) is 135 Å². The second kappa shape index (κ2) is 15.0. The van der Waals surface area contributed by atoms with Gasteiger partial charge in [-0.2, -0.15) is 8.42 Å². The molecule has 6 unspecified atom stereocenters. The van der Waals surface area contributed by atoms with E-state index >= 15 is 8.42 Å². The van der Waals surface area contributed by atoms with Gasteiger partial charge in [0.05, 0.1) is 17.8 Å². The average molecular weight is 690 g/mol. The molecule has 2 saturated carbocycles. The highest BCUT2D eigenvalue weighted by Gasteiger charge is 2.41. The van der Waals surface area contributed by atoms with Gasteiger partial charge in [0.1, 0.15) is 11.4 Å². The van der Waals surface area contributed by atoms with Crippen LogP contribution in [0.15, 0.2) is 65.8 Å². The van der Waals surface area contributed by atoms with E-state index in [1.807, 2.05) is 57.3 Å². The van der Waals surface area contributed by atoms with E-state index in [1.54, 1.807) is 24.3 Å². The van der Waals surface area contributed by atoms with Crippen LogP contribution in [0, 0.1) is 35.5 Å². The van der Waals surface area contributed by atoms with Gasteiger partial charge in [0.15, 0.2) is 5.03 Å². The fourth-order valence-electron chi connectivity index (χ4n) is 8.32. The van der Waals surface area contributed by atoms with Crippen LogP contribution < -0.4 is 4.31 Å². The Labute approximate surface area is 295 Å². The lowest BCUT2D eigenvalue weighted by Gasteiger charge is -2.42. The quantitative estimate of drug-likeness (QED) is 0.198. The number of rotatable bonds is 10. The highest BCUT2D eigenvalue weighted by atomic mass is 32.2. The topological polar surface area (TPSA) is 81.5 Å². The van der Waals surface area contributed by atoms with E-state index < -0.39 is 21.6 Å². The number of benzene rings is 2. The first kappa shape index (κ1) is 37.1. The molecule has 8 heteroatoms. The highest BCUT2D eigenvalue weighted by molar-refractivity contribution is 7.92. The third-order valence-electron chi connectivity index (χ3n) is 10.9. The van der Waals surface area contributed by atoms with Gasteiger partial charge in [0, 0.05) is 18.2 Å². The number of hydrogen-bond donors (Lipinski definition) is 0.